The minimum absolute atomic E-state index is 0. The molecule has 0 atom stereocenters. The van der Waals surface area contributed by atoms with E-state index in [1.165, 1.54) is 0 Å². The zero-order valence-electron chi connectivity index (χ0n) is 4.75. The van der Waals surface area contributed by atoms with Gasteiger partial charge in [0.25, 0.3) is 0 Å². The SMILES string of the molecule is O=S(=O)(O)OS(=O)(=O)O.[Na+]. The Bertz CT molecular complexity index is 237. The molecule has 0 bridgehead atoms. The molecule has 0 aromatic carbocycles. The minimum atomic E-state index is -5.12. The average Bonchev–Trinajstić information content (AvgIpc) is 1.14. The summed E-state index contributed by atoms with van der Waals surface area (Å²) in [6.45, 7) is 0. The van der Waals surface area contributed by atoms with Crippen LogP contribution in [0.15, 0.2) is 0 Å². The van der Waals surface area contributed by atoms with Gasteiger partial charge in [-0.1, -0.05) is 0 Å². The molecular weight excluding hydrogens is 199 g/mol. The van der Waals surface area contributed by atoms with Gasteiger partial charge in [0.05, 0.1) is 0 Å². The van der Waals surface area contributed by atoms with Gasteiger partial charge in [-0.2, -0.15) is 16.8 Å². The molecule has 0 rings (SSSR count). The van der Waals surface area contributed by atoms with Crippen molar-refractivity contribution in [3.8, 4) is 0 Å². The Morgan fingerprint density at radius 1 is 0.900 bits per heavy atom. The van der Waals surface area contributed by atoms with Crippen LogP contribution in [0.4, 0.5) is 0 Å². The third kappa shape index (κ3) is 11.6. The molecule has 0 amide bonds. The Hall–Kier alpha value is 0.780. The second-order valence-corrected chi connectivity index (χ2v) is 3.18. The molecule has 56 valence electrons. The van der Waals surface area contributed by atoms with Gasteiger partial charge in [-0.15, -0.1) is 3.63 Å². The standard InChI is InChI=1S/Na.H2O7S2/c;1-8(2,3)7-9(4,5)6/h;(H,1,2,3)(H,4,5,6)/q+1;. The maximum atomic E-state index is 9.44. The molecule has 0 saturated carbocycles. The molecule has 0 saturated heterocycles. The number of hydrogen-bond donors (Lipinski definition) is 2. The van der Waals surface area contributed by atoms with Crippen molar-refractivity contribution in [1.82, 2.24) is 0 Å². The van der Waals surface area contributed by atoms with Gasteiger partial charge in [-0.25, -0.2) is 0 Å². The molecule has 10 heteroatoms. The Balaban J connectivity index is 0. The predicted molar refractivity (Wildman–Crippen MR) is 24.2 cm³/mol. The van der Waals surface area contributed by atoms with Crippen LogP contribution in [0.25, 0.3) is 0 Å². The number of rotatable bonds is 2. The molecular formula is H2NaO7S2+. The summed E-state index contributed by atoms with van der Waals surface area (Å²) >= 11 is 0. The van der Waals surface area contributed by atoms with E-state index < -0.39 is 20.8 Å². The molecule has 7 nitrogen and oxygen atoms in total. The van der Waals surface area contributed by atoms with Crippen molar-refractivity contribution in [2.24, 2.45) is 0 Å². The Morgan fingerprint density at radius 3 is 1.10 bits per heavy atom. The third-order valence-corrected chi connectivity index (χ3v) is 1.55. The van der Waals surface area contributed by atoms with E-state index in [1.807, 2.05) is 0 Å². The Kier molecular flexibility index (Phi) is 5.31. The van der Waals surface area contributed by atoms with Gasteiger partial charge in [0.2, 0.25) is 0 Å². The maximum absolute atomic E-state index is 9.44. The summed E-state index contributed by atoms with van der Waals surface area (Å²) in [5, 5.41) is 0. The zero-order valence-corrected chi connectivity index (χ0v) is 8.39. The molecule has 0 aliphatic heterocycles. The first-order valence-corrected chi connectivity index (χ1v) is 4.10. The second kappa shape index (κ2) is 3.97. The summed E-state index contributed by atoms with van der Waals surface area (Å²) in [6.07, 6.45) is 0. The fraction of sp³-hybridized carbons (Fsp3) is 0. The van der Waals surface area contributed by atoms with Crippen LogP contribution in [0.2, 0.25) is 0 Å². The van der Waals surface area contributed by atoms with E-state index in [9.17, 15) is 16.8 Å². The van der Waals surface area contributed by atoms with Crippen LogP contribution in [0.5, 0.6) is 0 Å². The van der Waals surface area contributed by atoms with Crippen molar-refractivity contribution in [2.45, 2.75) is 0 Å². The van der Waals surface area contributed by atoms with Gasteiger partial charge in [-0.3, -0.25) is 9.11 Å². The van der Waals surface area contributed by atoms with Crippen LogP contribution in [-0.2, 0) is 24.4 Å². The van der Waals surface area contributed by atoms with E-state index in [0.29, 0.717) is 0 Å². The molecule has 0 spiro atoms. The zero-order chi connectivity index (χ0) is 7.71. The normalized spacial score (nSPS) is 12.2. The van der Waals surface area contributed by atoms with Crippen LogP contribution in [0.3, 0.4) is 0 Å². The summed E-state index contributed by atoms with van der Waals surface area (Å²) in [7, 11) is -10.2. The second-order valence-electron chi connectivity index (χ2n) is 0.924. The van der Waals surface area contributed by atoms with Gasteiger partial charge in [0.15, 0.2) is 0 Å². The molecule has 0 aromatic rings. The van der Waals surface area contributed by atoms with Crippen LogP contribution in [0.1, 0.15) is 0 Å². The van der Waals surface area contributed by atoms with Gasteiger partial charge in [0, 0.05) is 0 Å². The van der Waals surface area contributed by atoms with Gasteiger partial charge in [-0.05, 0) is 0 Å². The van der Waals surface area contributed by atoms with Crippen LogP contribution in [-0.4, -0.2) is 25.9 Å². The predicted octanol–water partition coefficient (Wildman–Crippen LogP) is -4.39. The topological polar surface area (TPSA) is 118 Å². The summed E-state index contributed by atoms with van der Waals surface area (Å²) < 4.78 is 55.6. The average molecular weight is 201 g/mol. The first kappa shape index (κ1) is 13.4. The van der Waals surface area contributed by atoms with Crippen molar-refractivity contribution in [1.29, 1.82) is 0 Å². The van der Waals surface area contributed by atoms with Crippen molar-refractivity contribution in [3.63, 3.8) is 0 Å². The fourth-order valence-electron chi connectivity index (χ4n) is 0.109. The minimum Gasteiger partial charge on any atom is -0.263 e. The van der Waals surface area contributed by atoms with E-state index in [2.05, 4.69) is 3.63 Å². The van der Waals surface area contributed by atoms with Crippen LogP contribution >= 0.6 is 0 Å². The summed E-state index contributed by atoms with van der Waals surface area (Å²) in [5.74, 6) is 0. The molecule has 0 heterocycles. The van der Waals surface area contributed by atoms with E-state index in [-0.39, 0.29) is 29.6 Å². The summed E-state index contributed by atoms with van der Waals surface area (Å²) in [5.41, 5.74) is 0. The quantitative estimate of drug-likeness (QED) is 0.342. The molecule has 0 radical (unpaired) electrons. The van der Waals surface area contributed by atoms with Gasteiger partial charge in [0.1, 0.15) is 0 Å². The van der Waals surface area contributed by atoms with E-state index >= 15 is 0 Å². The molecule has 0 unspecified atom stereocenters. The van der Waals surface area contributed by atoms with Crippen molar-refractivity contribution < 1.29 is 59.1 Å². The number of hydrogen-bond acceptors (Lipinski definition) is 5. The monoisotopic (exact) mass is 201 g/mol. The van der Waals surface area contributed by atoms with E-state index in [0.717, 1.165) is 0 Å². The molecule has 10 heavy (non-hydrogen) atoms. The molecule has 2 N–H and O–H groups in total. The molecule has 0 aromatic heterocycles. The fourth-order valence-corrected chi connectivity index (χ4v) is 0.978. The Labute approximate surface area is 79.6 Å². The van der Waals surface area contributed by atoms with E-state index in [1.54, 1.807) is 0 Å². The van der Waals surface area contributed by atoms with Crippen LogP contribution in [0, 0.1) is 0 Å². The van der Waals surface area contributed by atoms with E-state index in [4.69, 9.17) is 9.11 Å². The Morgan fingerprint density at radius 2 is 1.10 bits per heavy atom. The third-order valence-electron chi connectivity index (χ3n) is 0.172. The van der Waals surface area contributed by atoms with Crippen LogP contribution < -0.4 is 29.6 Å². The summed E-state index contributed by atoms with van der Waals surface area (Å²) in [4.78, 5) is 0. The first-order valence-electron chi connectivity index (χ1n) is 1.37. The molecule has 0 aliphatic carbocycles. The maximum Gasteiger partial charge on any atom is 1.00 e. The summed E-state index contributed by atoms with van der Waals surface area (Å²) in [6, 6.07) is 0. The molecule has 0 aliphatic rings. The van der Waals surface area contributed by atoms with Crippen molar-refractivity contribution >= 4 is 20.8 Å². The molecule has 0 fully saturated rings. The van der Waals surface area contributed by atoms with Gasteiger partial charge < -0.3 is 0 Å². The largest absolute Gasteiger partial charge is 1.00 e. The smallest absolute Gasteiger partial charge is 0.263 e. The van der Waals surface area contributed by atoms with Crippen molar-refractivity contribution in [3.05, 3.63) is 0 Å². The first-order chi connectivity index (χ1) is 3.71. The van der Waals surface area contributed by atoms with Crippen molar-refractivity contribution in [2.75, 3.05) is 0 Å². The van der Waals surface area contributed by atoms with Gasteiger partial charge >= 0.3 is 50.4 Å².